The van der Waals surface area contributed by atoms with Gasteiger partial charge in [0.25, 0.3) is 0 Å². The summed E-state index contributed by atoms with van der Waals surface area (Å²) in [4.78, 5) is 23.3. The molecule has 1 aromatic carbocycles. The van der Waals surface area contributed by atoms with Crippen LogP contribution in [0.15, 0.2) is 42.5 Å². The Hall–Kier alpha value is -3.62. The van der Waals surface area contributed by atoms with E-state index in [1.165, 1.54) is 11.0 Å². The van der Waals surface area contributed by atoms with Crippen LogP contribution in [0.2, 0.25) is 0 Å². The highest BCUT2D eigenvalue weighted by atomic mass is 19.4. The molecule has 3 heterocycles. The molecule has 32 heavy (non-hydrogen) atoms. The molecule has 166 valence electrons. The molecule has 0 saturated heterocycles. The fraction of sp³-hybridized carbons (Fsp3) is 0.261. The second-order valence-corrected chi connectivity index (χ2v) is 7.66. The van der Waals surface area contributed by atoms with Crippen LogP contribution in [0.5, 0.6) is 5.75 Å². The van der Waals surface area contributed by atoms with Crippen LogP contribution in [-0.4, -0.2) is 29.2 Å². The number of anilines is 2. The van der Waals surface area contributed by atoms with Gasteiger partial charge in [0, 0.05) is 11.3 Å². The normalized spacial score (nSPS) is 13.4. The Morgan fingerprint density at radius 3 is 2.59 bits per heavy atom. The number of nitrogens with zero attached hydrogens (tertiary/aromatic N) is 3. The molecule has 0 fully saturated rings. The van der Waals surface area contributed by atoms with Crippen LogP contribution in [0, 0.1) is 20.8 Å². The lowest BCUT2D eigenvalue weighted by atomic mass is 10.1. The molecule has 0 atom stereocenters. The molecule has 0 saturated carbocycles. The van der Waals surface area contributed by atoms with Crippen LogP contribution < -0.4 is 15.0 Å². The van der Waals surface area contributed by atoms with Gasteiger partial charge in [-0.05, 0) is 62.2 Å². The number of pyridine rings is 2. The number of hydrogen-bond donors (Lipinski definition) is 1. The Labute approximate surface area is 183 Å². The van der Waals surface area contributed by atoms with Gasteiger partial charge in [-0.3, -0.25) is 10.2 Å². The number of fused-ring (bicyclic) bond motifs is 1. The summed E-state index contributed by atoms with van der Waals surface area (Å²) in [5, 5.41) is 2.77. The van der Waals surface area contributed by atoms with Gasteiger partial charge < -0.3 is 4.74 Å². The van der Waals surface area contributed by atoms with Crippen molar-refractivity contribution in [1.29, 1.82) is 0 Å². The Morgan fingerprint density at radius 2 is 1.88 bits per heavy atom. The molecule has 3 aromatic rings. The van der Waals surface area contributed by atoms with Gasteiger partial charge in [0.15, 0.2) is 11.6 Å². The Bertz CT molecular complexity index is 1170. The van der Waals surface area contributed by atoms with E-state index in [4.69, 9.17) is 4.74 Å². The maximum Gasteiger partial charge on any atom is 0.416 e. The summed E-state index contributed by atoms with van der Waals surface area (Å²) in [5.41, 5.74) is 2.25. The van der Waals surface area contributed by atoms with Crippen molar-refractivity contribution in [3.8, 4) is 17.0 Å². The molecule has 0 radical (unpaired) electrons. The van der Waals surface area contributed by atoms with Crippen LogP contribution in [-0.2, 0) is 6.18 Å². The fourth-order valence-corrected chi connectivity index (χ4v) is 3.63. The topological polar surface area (TPSA) is 67.4 Å². The minimum absolute atomic E-state index is 0.238. The summed E-state index contributed by atoms with van der Waals surface area (Å²) in [6.07, 6.45) is -4.47. The van der Waals surface area contributed by atoms with Crippen LogP contribution in [0.25, 0.3) is 11.3 Å². The van der Waals surface area contributed by atoms with E-state index in [-0.39, 0.29) is 19.0 Å². The third-order valence-corrected chi connectivity index (χ3v) is 5.02. The highest BCUT2D eigenvalue weighted by molar-refractivity contribution is 6.02. The number of ether oxygens (including phenoxy) is 1. The fourth-order valence-electron chi connectivity index (χ4n) is 3.63. The van der Waals surface area contributed by atoms with Crippen molar-refractivity contribution >= 4 is 17.7 Å². The molecule has 2 aromatic heterocycles. The number of urea groups is 1. The van der Waals surface area contributed by atoms with Crippen molar-refractivity contribution in [1.82, 2.24) is 9.97 Å². The zero-order valence-electron chi connectivity index (χ0n) is 17.7. The lowest BCUT2D eigenvalue weighted by molar-refractivity contribution is -0.137. The molecule has 4 rings (SSSR count). The lowest BCUT2D eigenvalue weighted by Gasteiger charge is -2.30. The molecule has 2 amide bonds. The first-order valence-corrected chi connectivity index (χ1v) is 9.98. The summed E-state index contributed by atoms with van der Waals surface area (Å²) in [5.74, 6) is 1.09. The van der Waals surface area contributed by atoms with Gasteiger partial charge in [-0.2, -0.15) is 13.2 Å². The molecular weight excluding hydrogens is 421 g/mol. The van der Waals surface area contributed by atoms with Crippen molar-refractivity contribution in [2.75, 3.05) is 23.4 Å². The van der Waals surface area contributed by atoms with E-state index in [9.17, 15) is 18.0 Å². The van der Waals surface area contributed by atoms with Crippen LogP contribution >= 0.6 is 0 Å². The molecule has 0 spiro atoms. The van der Waals surface area contributed by atoms with Crippen molar-refractivity contribution in [2.24, 2.45) is 0 Å². The quantitative estimate of drug-likeness (QED) is 0.568. The standard InChI is InChI=1S/C23H21F3N4O2/c1-13-9-15(3)27-19(10-13)29-22(31)30-7-8-32-20-14(2)11-18(28-21(20)30)16-5-4-6-17(12-16)23(24,25)26/h4-6,9-12H,7-8H2,1-3H3,(H,27,29,31). The third kappa shape index (κ3) is 4.37. The zero-order chi connectivity index (χ0) is 23.0. The van der Waals surface area contributed by atoms with E-state index in [2.05, 4.69) is 15.3 Å². The van der Waals surface area contributed by atoms with Crippen molar-refractivity contribution in [2.45, 2.75) is 26.9 Å². The smallest absolute Gasteiger partial charge is 0.416 e. The van der Waals surface area contributed by atoms with E-state index in [0.717, 1.165) is 23.4 Å². The number of rotatable bonds is 2. The largest absolute Gasteiger partial charge is 0.488 e. The van der Waals surface area contributed by atoms with E-state index >= 15 is 0 Å². The number of carbonyl (C=O) groups excluding carboxylic acids is 1. The Morgan fingerprint density at radius 1 is 1.09 bits per heavy atom. The predicted molar refractivity (Wildman–Crippen MR) is 115 cm³/mol. The highest BCUT2D eigenvalue weighted by Crippen LogP contribution is 2.37. The van der Waals surface area contributed by atoms with Crippen LogP contribution in [0.1, 0.15) is 22.4 Å². The van der Waals surface area contributed by atoms with Gasteiger partial charge >= 0.3 is 12.2 Å². The molecule has 0 bridgehead atoms. The number of nitrogens with one attached hydrogen (secondary N) is 1. The number of carbonyl (C=O) groups is 1. The molecule has 0 unspecified atom stereocenters. The highest BCUT2D eigenvalue weighted by Gasteiger charge is 2.31. The number of benzene rings is 1. The lowest BCUT2D eigenvalue weighted by Crippen LogP contribution is -2.41. The van der Waals surface area contributed by atoms with E-state index < -0.39 is 17.8 Å². The van der Waals surface area contributed by atoms with Crippen molar-refractivity contribution in [3.05, 3.63) is 64.8 Å². The minimum Gasteiger partial charge on any atom is -0.488 e. The molecule has 0 aliphatic carbocycles. The number of aromatic nitrogens is 2. The van der Waals surface area contributed by atoms with Crippen molar-refractivity contribution < 1.29 is 22.7 Å². The van der Waals surface area contributed by atoms with Crippen LogP contribution in [0.3, 0.4) is 0 Å². The average molecular weight is 442 g/mol. The maximum absolute atomic E-state index is 13.2. The van der Waals surface area contributed by atoms with Gasteiger partial charge in [-0.25, -0.2) is 14.8 Å². The SMILES string of the molecule is Cc1cc(C)nc(NC(=O)N2CCOc3c(C)cc(-c4cccc(C(F)(F)F)c4)nc32)c1. The maximum atomic E-state index is 13.2. The molecule has 9 heteroatoms. The van der Waals surface area contributed by atoms with Gasteiger partial charge in [-0.1, -0.05) is 12.1 Å². The average Bonchev–Trinajstić information content (AvgIpc) is 2.72. The van der Waals surface area contributed by atoms with E-state index in [0.29, 0.717) is 28.4 Å². The summed E-state index contributed by atoms with van der Waals surface area (Å²) in [6, 6.07) is 9.80. The Kier molecular flexibility index (Phi) is 5.50. The third-order valence-electron chi connectivity index (χ3n) is 5.02. The molecule has 1 aliphatic heterocycles. The predicted octanol–water partition coefficient (Wildman–Crippen LogP) is 5.52. The molecule has 1 aliphatic rings. The first-order valence-electron chi connectivity index (χ1n) is 9.98. The van der Waals surface area contributed by atoms with Gasteiger partial charge in [0.05, 0.1) is 17.8 Å². The Balaban J connectivity index is 1.71. The first kappa shape index (κ1) is 21.6. The molecule has 1 N–H and O–H groups in total. The summed E-state index contributed by atoms with van der Waals surface area (Å²) < 4.78 is 45.2. The number of aryl methyl sites for hydroxylation is 3. The molecular formula is C23H21F3N4O2. The molecule has 6 nitrogen and oxygen atoms in total. The van der Waals surface area contributed by atoms with Gasteiger partial charge in [0.1, 0.15) is 12.4 Å². The summed E-state index contributed by atoms with van der Waals surface area (Å²) in [6.45, 7) is 6.01. The number of hydrogen-bond acceptors (Lipinski definition) is 4. The number of halogens is 3. The zero-order valence-corrected chi connectivity index (χ0v) is 17.7. The number of alkyl halides is 3. The minimum atomic E-state index is -4.47. The van der Waals surface area contributed by atoms with E-state index in [1.807, 2.05) is 19.9 Å². The van der Waals surface area contributed by atoms with Crippen LogP contribution in [0.4, 0.5) is 29.6 Å². The van der Waals surface area contributed by atoms with Gasteiger partial charge in [-0.15, -0.1) is 0 Å². The van der Waals surface area contributed by atoms with Gasteiger partial charge in [0.2, 0.25) is 0 Å². The monoisotopic (exact) mass is 442 g/mol. The first-order chi connectivity index (χ1) is 15.1. The summed E-state index contributed by atoms with van der Waals surface area (Å²) >= 11 is 0. The summed E-state index contributed by atoms with van der Waals surface area (Å²) in [7, 11) is 0. The second-order valence-electron chi connectivity index (χ2n) is 7.66. The number of amides is 2. The second kappa shape index (κ2) is 8.14. The van der Waals surface area contributed by atoms with E-state index in [1.54, 1.807) is 25.1 Å². The van der Waals surface area contributed by atoms with Crippen molar-refractivity contribution in [3.63, 3.8) is 0 Å².